The molecule has 1 aromatic rings. The standard InChI is InChI=1S/C32H45N3O7/c1-20-11-5-9-15-31(20,27(33)40)35(29(42)30(3)13-7-4-8-14-30,32(28(34)41)16-10-6-12-21(32)2)24-18-22(25(36)37)17-23(19-24)26(38)39/h17-21H,4-16H2,1-3H3,(H5-,33,34,36,37,38,39,40,41)/p+1. The summed E-state index contributed by atoms with van der Waals surface area (Å²) < 4.78 is -0.856. The van der Waals surface area contributed by atoms with Crippen LogP contribution in [0.1, 0.15) is 125 Å². The molecule has 3 saturated carbocycles. The highest BCUT2D eigenvalue weighted by atomic mass is 16.4. The van der Waals surface area contributed by atoms with Gasteiger partial charge in [-0.05, 0) is 51.5 Å². The van der Waals surface area contributed by atoms with Crippen molar-refractivity contribution in [3.05, 3.63) is 29.3 Å². The first-order valence-corrected chi connectivity index (χ1v) is 15.4. The molecule has 0 aromatic heterocycles. The van der Waals surface area contributed by atoms with Crippen molar-refractivity contribution in [2.24, 2.45) is 28.7 Å². The molecule has 0 aliphatic heterocycles. The van der Waals surface area contributed by atoms with E-state index in [1.54, 1.807) is 0 Å². The van der Waals surface area contributed by atoms with Gasteiger partial charge in [0.2, 0.25) is 0 Å². The van der Waals surface area contributed by atoms with Gasteiger partial charge in [-0.25, -0.2) is 18.9 Å². The summed E-state index contributed by atoms with van der Waals surface area (Å²) >= 11 is 0. The Morgan fingerprint density at radius 3 is 1.45 bits per heavy atom. The molecule has 10 heteroatoms. The SMILES string of the molecule is CC1CCCCC1(C(N)=O)[N+](C(=O)C1(C)CCCCC1)(c1cc(C(=O)O)cc(C(=O)O)c1)C1(C(N)=O)CCCCC1C. The molecule has 1 aromatic carbocycles. The molecule has 3 aliphatic carbocycles. The van der Waals surface area contributed by atoms with E-state index in [1.165, 1.54) is 12.1 Å². The van der Waals surface area contributed by atoms with Crippen molar-refractivity contribution in [1.82, 2.24) is 4.48 Å². The number of quaternary nitrogens is 1. The number of carbonyl (C=O) groups excluding carboxylic acids is 3. The summed E-state index contributed by atoms with van der Waals surface area (Å²) in [6, 6.07) is 3.62. The largest absolute Gasteiger partial charge is 0.478 e. The molecule has 0 saturated heterocycles. The lowest BCUT2D eigenvalue weighted by atomic mass is 9.59. The summed E-state index contributed by atoms with van der Waals surface area (Å²) in [5.74, 6) is -5.62. The molecule has 4 rings (SSSR count). The van der Waals surface area contributed by atoms with Crippen LogP contribution in [0.15, 0.2) is 18.2 Å². The van der Waals surface area contributed by atoms with Crippen LogP contribution in [0.3, 0.4) is 0 Å². The molecule has 0 radical (unpaired) electrons. The molecule has 4 atom stereocenters. The Bertz CT molecular complexity index is 1210. The lowest BCUT2D eigenvalue weighted by molar-refractivity contribution is -0.181. The van der Waals surface area contributed by atoms with Gasteiger partial charge >= 0.3 is 17.8 Å². The highest BCUT2D eigenvalue weighted by Crippen LogP contribution is 2.59. The van der Waals surface area contributed by atoms with E-state index in [-0.39, 0.29) is 35.6 Å². The average Bonchev–Trinajstić information content (AvgIpc) is 2.95. The Kier molecular flexibility index (Phi) is 8.62. The Hall–Kier alpha value is -3.27. The summed E-state index contributed by atoms with van der Waals surface area (Å²) in [4.78, 5) is 69.2. The van der Waals surface area contributed by atoms with Gasteiger partial charge in [0.15, 0.2) is 11.1 Å². The van der Waals surface area contributed by atoms with E-state index >= 15 is 4.79 Å². The lowest BCUT2D eigenvalue weighted by Gasteiger charge is -2.64. The Morgan fingerprint density at radius 1 is 0.690 bits per heavy atom. The lowest BCUT2D eigenvalue weighted by Crippen LogP contribution is -2.89. The molecule has 0 spiro atoms. The number of hydrogen-bond donors (Lipinski definition) is 4. The molecule has 6 N–H and O–H groups in total. The second-order valence-electron chi connectivity index (χ2n) is 13.3. The molecule has 0 bridgehead atoms. The number of amides is 3. The van der Waals surface area contributed by atoms with Crippen molar-refractivity contribution >= 4 is 35.3 Å². The van der Waals surface area contributed by atoms with E-state index in [0.717, 1.165) is 38.2 Å². The smallest absolute Gasteiger partial charge is 0.335 e. The zero-order valence-corrected chi connectivity index (χ0v) is 25.1. The van der Waals surface area contributed by atoms with Gasteiger partial charge in [-0.2, -0.15) is 0 Å². The van der Waals surface area contributed by atoms with Gasteiger partial charge in [-0.15, -0.1) is 0 Å². The number of aromatic carboxylic acids is 2. The first-order valence-electron chi connectivity index (χ1n) is 15.4. The summed E-state index contributed by atoms with van der Waals surface area (Å²) in [5.41, 5.74) is 7.88. The van der Waals surface area contributed by atoms with E-state index in [2.05, 4.69) is 0 Å². The van der Waals surface area contributed by atoms with Crippen molar-refractivity contribution < 1.29 is 34.2 Å². The van der Waals surface area contributed by atoms with Gasteiger partial charge in [0.1, 0.15) is 5.69 Å². The molecule has 0 heterocycles. The third-order valence-corrected chi connectivity index (χ3v) is 11.1. The fraction of sp³-hybridized carbons (Fsp3) is 0.656. The predicted octanol–water partition coefficient (Wildman–Crippen LogP) is 4.76. The number of carboxylic acid groups (broad SMARTS) is 2. The van der Waals surface area contributed by atoms with Crippen LogP contribution in [-0.4, -0.2) is 51.0 Å². The van der Waals surface area contributed by atoms with Gasteiger partial charge < -0.3 is 21.7 Å². The van der Waals surface area contributed by atoms with Crippen LogP contribution in [0, 0.1) is 17.3 Å². The van der Waals surface area contributed by atoms with E-state index in [1.807, 2.05) is 20.8 Å². The first kappa shape index (κ1) is 31.7. The molecule has 4 unspecified atom stereocenters. The third-order valence-electron chi connectivity index (χ3n) is 11.1. The number of benzene rings is 1. The topological polar surface area (TPSA) is 178 Å². The van der Waals surface area contributed by atoms with Crippen molar-refractivity contribution in [2.45, 2.75) is 115 Å². The van der Waals surface area contributed by atoms with Gasteiger partial charge in [0.25, 0.3) is 11.8 Å². The normalized spacial score (nSPS) is 30.9. The zero-order valence-electron chi connectivity index (χ0n) is 25.1. The van der Waals surface area contributed by atoms with Gasteiger partial charge in [-0.3, -0.25) is 9.59 Å². The maximum atomic E-state index is 15.9. The summed E-state index contributed by atoms with van der Waals surface area (Å²) in [6.45, 7) is 5.61. The van der Waals surface area contributed by atoms with Crippen molar-refractivity contribution in [1.29, 1.82) is 0 Å². The van der Waals surface area contributed by atoms with E-state index in [0.29, 0.717) is 38.5 Å². The zero-order chi connectivity index (χ0) is 31.1. The third kappa shape index (κ3) is 4.44. The van der Waals surface area contributed by atoms with Gasteiger partial charge in [-0.1, -0.05) is 46.0 Å². The second kappa shape index (κ2) is 11.4. The average molecular weight is 585 g/mol. The number of nitrogens with two attached hydrogens (primary N) is 2. The van der Waals surface area contributed by atoms with Crippen LogP contribution in [0.4, 0.5) is 5.69 Å². The Balaban J connectivity index is 2.33. The number of hydrogen-bond acceptors (Lipinski definition) is 5. The minimum atomic E-state index is -1.66. The number of primary amides is 2. The van der Waals surface area contributed by atoms with Gasteiger partial charge in [0.05, 0.1) is 16.5 Å². The minimum Gasteiger partial charge on any atom is -0.478 e. The van der Waals surface area contributed by atoms with Crippen LogP contribution in [0.5, 0.6) is 0 Å². The fourth-order valence-electron chi connectivity index (χ4n) is 9.02. The Labute approximate surface area is 247 Å². The van der Waals surface area contributed by atoms with Crippen molar-refractivity contribution in [2.75, 3.05) is 0 Å². The van der Waals surface area contributed by atoms with Crippen LogP contribution in [0.2, 0.25) is 0 Å². The molecular weight excluding hydrogens is 538 g/mol. The molecule has 42 heavy (non-hydrogen) atoms. The molecule has 10 nitrogen and oxygen atoms in total. The van der Waals surface area contributed by atoms with E-state index in [4.69, 9.17) is 11.5 Å². The predicted molar refractivity (Wildman–Crippen MR) is 157 cm³/mol. The molecule has 230 valence electrons. The van der Waals surface area contributed by atoms with E-state index in [9.17, 15) is 29.4 Å². The number of carboxylic acids is 2. The van der Waals surface area contributed by atoms with Crippen molar-refractivity contribution in [3.8, 4) is 0 Å². The first-order chi connectivity index (χ1) is 19.7. The monoisotopic (exact) mass is 584 g/mol. The highest BCUT2D eigenvalue weighted by Gasteiger charge is 2.77. The van der Waals surface area contributed by atoms with Crippen LogP contribution >= 0.6 is 0 Å². The maximum Gasteiger partial charge on any atom is 0.335 e. The van der Waals surface area contributed by atoms with Crippen LogP contribution in [-0.2, 0) is 14.4 Å². The van der Waals surface area contributed by atoms with E-state index < -0.39 is 56.6 Å². The van der Waals surface area contributed by atoms with Crippen LogP contribution < -0.4 is 16.0 Å². The number of rotatable bonds is 8. The van der Waals surface area contributed by atoms with Crippen molar-refractivity contribution in [3.63, 3.8) is 0 Å². The molecular formula is C32H46N3O7+. The minimum absolute atomic E-state index is 0.00389. The maximum absolute atomic E-state index is 15.9. The number of carbonyl (C=O) groups is 5. The highest BCUT2D eigenvalue weighted by molar-refractivity contribution is 6.09. The number of nitrogens with zero attached hydrogens (tertiary/aromatic N) is 1. The van der Waals surface area contributed by atoms with Crippen LogP contribution in [0.25, 0.3) is 0 Å². The molecule has 3 amide bonds. The second-order valence-corrected chi connectivity index (χ2v) is 13.3. The summed E-state index contributed by atoms with van der Waals surface area (Å²) in [5, 5.41) is 20.2. The van der Waals surface area contributed by atoms with Gasteiger partial charge in [0, 0.05) is 36.8 Å². The fourth-order valence-corrected chi connectivity index (χ4v) is 9.02. The Morgan fingerprint density at radius 2 is 1.10 bits per heavy atom. The molecule has 3 aliphatic rings. The quantitative estimate of drug-likeness (QED) is 0.318. The molecule has 3 fully saturated rings. The summed E-state index contributed by atoms with van der Waals surface area (Å²) in [7, 11) is 0. The summed E-state index contributed by atoms with van der Waals surface area (Å²) in [6.07, 6.45) is 7.70.